The van der Waals surface area contributed by atoms with E-state index in [1.54, 1.807) is 0 Å². The van der Waals surface area contributed by atoms with Gasteiger partial charge in [0, 0.05) is 6.54 Å². The summed E-state index contributed by atoms with van der Waals surface area (Å²) in [5, 5.41) is 17.3. The van der Waals surface area contributed by atoms with Crippen LogP contribution in [0.1, 0.15) is 12.8 Å². The number of nitrogen functional groups attached to an aromatic ring is 1. The molecule has 0 bridgehead atoms. The van der Waals surface area contributed by atoms with E-state index in [9.17, 15) is 13.5 Å². The first-order valence-electron chi connectivity index (χ1n) is 5.70. The van der Waals surface area contributed by atoms with Crippen molar-refractivity contribution in [2.24, 2.45) is 11.1 Å². The minimum atomic E-state index is -3.72. The van der Waals surface area contributed by atoms with Crippen LogP contribution in [0.5, 0.6) is 0 Å². The van der Waals surface area contributed by atoms with Crippen LogP contribution in [0.4, 0.5) is 11.4 Å². The Balaban J connectivity index is 2.07. The van der Waals surface area contributed by atoms with Gasteiger partial charge in [0.25, 0.3) is 0 Å². The van der Waals surface area contributed by atoms with Crippen LogP contribution in [-0.2, 0) is 10.0 Å². The number of rotatable bonds is 4. The van der Waals surface area contributed by atoms with Gasteiger partial charge < -0.3 is 16.2 Å². The van der Waals surface area contributed by atoms with Crippen LogP contribution in [0.2, 0.25) is 0 Å². The van der Waals surface area contributed by atoms with Crippen LogP contribution >= 0.6 is 0 Å². The standard InChI is InChI=1S/C11H17N3O3S/c12-10-2-1-9(18(13,16)17)5-11(10)14-6-7-3-8(15)4-7/h1-2,5,7-8,14-15H,3-4,6,12H2,(H2,13,16,17). The summed E-state index contributed by atoms with van der Waals surface area (Å²) < 4.78 is 22.4. The van der Waals surface area contributed by atoms with Gasteiger partial charge in [-0.05, 0) is 37.0 Å². The third-order valence-electron chi connectivity index (χ3n) is 3.15. The van der Waals surface area contributed by atoms with Gasteiger partial charge in [-0.15, -0.1) is 0 Å². The second-order valence-electron chi connectivity index (χ2n) is 4.67. The van der Waals surface area contributed by atoms with Gasteiger partial charge in [-0.3, -0.25) is 0 Å². The second-order valence-corrected chi connectivity index (χ2v) is 6.23. The van der Waals surface area contributed by atoms with E-state index in [1.165, 1.54) is 18.2 Å². The van der Waals surface area contributed by atoms with Crippen molar-refractivity contribution >= 4 is 21.4 Å². The quantitative estimate of drug-likeness (QED) is 0.579. The Bertz CT molecular complexity index is 538. The summed E-state index contributed by atoms with van der Waals surface area (Å²) in [5.41, 5.74) is 6.79. The lowest BCUT2D eigenvalue weighted by Gasteiger charge is -2.31. The largest absolute Gasteiger partial charge is 0.397 e. The third kappa shape index (κ3) is 2.92. The summed E-state index contributed by atoms with van der Waals surface area (Å²) in [5.74, 6) is 0.400. The fraction of sp³-hybridized carbons (Fsp3) is 0.455. The fourth-order valence-electron chi connectivity index (χ4n) is 1.99. The number of sulfonamides is 1. The molecule has 0 atom stereocenters. The van der Waals surface area contributed by atoms with Gasteiger partial charge >= 0.3 is 0 Å². The first kappa shape index (κ1) is 13.1. The fourth-order valence-corrected chi connectivity index (χ4v) is 2.53. The summed E-state index contributed by atoms with van der Waals surface area (Å²) in [6.45, 7) is 0.662. The second kappa shape index (κ2) is 4.75. The number of benzene rings is 1. The van der Waals surface area contributed by atoms with Gasteiger partial charge in [-0.2, -0.15) is 0 Å². The molecular formula is C11H17N3O3S. The molecule has 7 heteroatoms. The summed E-state index contributed by atoms with van der Waals surface area (Å²) in [6.07, 6.45) is 1.33. The average Bonchev–Trinajstić information content (AvgIpc) is 2.23. The summed E-state index contributed by atoms with van der Waals surface area (Å²) in [6, 6.07) is 4.32. The predicted octanol–water partition coefficient (Wildman–Crippen LogP) is 0.0990. The molecule has 1 saturated carbocycles. The number of aliphatic hydroxyl groups excluding tert-OH is 1. The molecule has 1 fully saturated rings. The molecular weight excluding hydrogens is 254 g/mol. The summed E-state index contributed by atoms with van der Waals surface area (Å²) >= 11 is 0. The SMILES string of the molecule is Nc1ccc(S(N)(=O)=O)cc1NCC1CC(O)C1. The zero-order chi connectivity index (χ0) is 13.3. The Morgan fingerprint density at radius 3 is 2.61 bits per heavy atom. The highest BCUT2D eigenvalue weighted by Gasteiger charge is 2.26. The Labute approximate surface area is 106 Å². The van der Waals surface area contributed by atoms with E-state index in [4.69, 9.17) is 10.9 Å². The zero-order valence-electron chi connectivity index (χ0n) is 9.83. The van der Waals surface area contributed by atoms with Crippen LogP contribution in [0.25, 0.3) is 0 Å². The molecule has 18 heavy (non-hydrogen) atoms. The molecule has 1 aromatic carbocycles. The lowest BCUT2D eigenvalue weighted by molar-refractivity contribution is 0.0487. The minimum absolute atomic E-state index is 0.0350. The zero-order valence-corrected chi connectivity index (χ0v) is 10.7. The van der Waals surface area contributed by atoms with Crippen molar-refractivity contribution in [3.63, 3.8) is 0 Å². The predicted molar refractivity (Wildman–Crippen MR) is 69.4 cm³/mol. The molecule has 6 N–H and O–H groups in total. The van der Waals surface area contributed by atoms with Gasteiger partial charge in [0.1, 0.15) is 0 Å². The van der Waals surface area contributed by atoms with Crippen LogP contribution in [0.3, 0.4) is 0 Å². The van der Waals surface area contributed by atoms with Crippen molar-refractivity contribution in [1.29, 1.82) is 0 Å². The van der Waals surface area contributed by atoms with Crippen LogP contribution in [0, 0.1) is 5.92 Å². The Hall–Kier alpha value is -1.31. The van der Waals surface area contributed by atoms with Crippen molar-refractivity contribution in [1.82, 2.24) is 0 Å². The van der Waals surface area contributed by atoms with Crippen LogP contribution in [0.15, 0.2) is 23.1 Å². The van der Waals surface area contributed by atoms with E-state index in [-0.39, 0.29) is 11.0 Å². The highest BCUT2D eigenvalue weighted by atomic mass is 32.2. The maximum Gasteiger partial charge on any atom is 0.238 e. The Kier molecular flexibility index (Phi) is 3.47. The normalized spacial score (nSPS) is 23.4. The van der Waals surface area contributed by atoms with E-state index in [0.29, 0.717) is 23.8 Å². The molecule has 1 aromatic rings. The van der Waals surface area contributed by atoms with E-state index in [2.05, 4.69) is 5.32 Å². The number of hydrogen-bond donors (Lipinski definition) is 4. The molecule has 1 aliphatic carbocycles. The number of primary sulfonamides is 1. The van der Waals surface area contributed by atoms with Crippen LogP contribution < -0.4 is 16.2 Å². The summed E-state index contributed by atoms with van der Waals surface area (Å²) in [4.78, 5) is 0.0350. The van der Waals surface area contributed by atoms with E-state index in [1.807, 2.05) is 0 Å². The lowest BCUT2D eigenvalue weighted by Crippen LogP contribution is -2.33. The Morgan fingerprint density at radius 2 is 2.06 bits per heavy atom. The topological polar surface area (TPSA) is 118 Å². The van der Waals surface area contributed by atoms with Crippen molar-refractivity contribution < 1.29 is 13.5 Å². The minimum Gasteiger partial charge on any atom is -0.397 e. The van der Waals surface area contributed by atoms with E-state index < -0.39 is 10.0 Å². The smallest absolute Gasteiger partial charge is 0.238 e. The van der Waals surface area contributed by atoms with Gasteiger partial charge in [-0.25, -0.2) is 13.6 Å². The molecule has 0 aliphatic heterocycles. The molecule has 0 spiro atoms. The number of hydrogen-bond acceptors (Lipinski definition) is 5. The summed E-state index contributed by atoms with van der Waals surface area (Å²) in [7, 11) is -3.72. The molecule has 2 rings (SSSR count). The molecule has 0 saturated heterocycles. The number of nitrogens with one attached hydrogen (secondary N) is 1. The van der Waals surface area contributed by atoms with E-state index >= 15 is 0 Å². The van der Waals surface area contributed by atoms with Crippen molar-refractivity contribution in [3.05, 3.63) is 18.2 Å². The molecule has 0 amide bonds. The molecule has 0 unspecified atom stereocenters. The highest BCUT2D eigenvalue weighted by molar-refractivity contribution is 7.89. The molecule has 0 radical (unpaired) electrons. The lowest BCUT2D eigenvalue weighted by atomic mass is 9.82. The maximum absolute atomic E-state index is 11.2. The van der Waals surface area contributed by atoms with Gasteiger partial charge in [-0.1, -0.05) is 0 Å². The monoisotopic (exact) mass is 271 g/mol. The Morgan fingerprint density at radius 1 is 1.39 bits per heavy atom. The van der Waals surface area contributed by atoms with Crippen molar-refractivity contribution in [2.75, 3.05) is 17.6 Å². The molecule has 0 heterocycles. The number of anilines is 2. The molecule has 6 nitrogen and oxygen atoms in total. The van der Waals surface area contributed by atoms with Crippen molar-refractivity contribution in [3.8, 4) is 0 Å². The molecule has 0 aromatic heterocycles. The van der Waals surface area contributed by atoms with Gasteiger partial charge in [0.2, 0.25) is 10.0 Å². The third-order valence-corrected chi connectivity index (χ3v) is 4.06. The highest BCUT2D eigenvalue weighted by Crippen LogP contribution is 2.29. The molecule has 100 valence electrons. The molecule has 1 aliphatic rings. The number of aliphatic hydroxyl groups is 1. The van der Waals surface area contributed by atoms with E-state index in [0.717, 1.165) is 12.8 Å². The van der Waals surface area contributed by atoms with Crippen molar-refractivity contribution in [2.45, 2.75) is 23.8 Å². The average molecular weight is 271 g/mol. The van der Waals surface area contributed by atoms with Crippen LogP contribution in [-0.4, -0.2) is 26.2 Å². The number of nitrogens with two attached hydrogens (primary N) is 2. The van der Waals surface area contributed by atoms with Gasteiger partial charge in [0.05, 0.1) is 22.4 Å². The first-order valence-corrected chi connectivity index (χ1v) is 7.25. The maximum atomic E-state index is 11.2. The van der Waals surface area contributed by atoms with Gasteiger partial charge in [0.15, 0.2) is 0 Å². The first-order chi connectivity index (χ1) is 8.36.